The predicted molar refractivity (Wildman–Crippen MR) is 72.6 cm³/mol. The second kappa shape index (κ2) is 5.30. The molecule has 1 amide bonds. The van der Waals surface area contributed by atoms with Gasteiger partial charge in [0.15, 0.2) is 0 Å². The number of nitrogens with zero attached hydrogens (tertiary/aromatic N) is 2. The van der Waals surface area contributed by atoms with Crippen LogP contribution in [-0.2, 0) is 0 Å². The molecule has 1 aromatic heterocycles. The van der Waals surface area contributed by atoms with Crippen molar-refractivity contribution < 1.29 is 9.90 Å². The fourth-order valence-electron chi connectivity index (χ4n) is 2.08. The molecule has 0 spiro atoms. The molecule has 17 heavy (non-hydrogen) atoms. The van der Waals surface area contributed by atoms with Crippen molar-refractivity contribution in [3.8, 4) is 0 Å². The van der Waals surface area contributed by atoms with Crippen molar-refractivity contribution in [2.24, 2.45) is 5.92 Å². The molecule has 2 unspecified atom stereocenters. The third-order valence-corrected chi connectivity index (χ3v) is 3.74. The monoisotopic (exact) mass is 346 g/mol. The molecule has 0 aliphatic carbocycles. The molecule has 1 N–H and O–H groups in total. The van der Waals surface area contributed by atoms with E-state index in [9.17, 15) is 9.90 Å². The zero-order chi connectivity index (χ0) is 12.4. The van der Waals surface area contributed by atoms with Crippen LogP contribution in [-0.4, -0.2) is 40.1 Å². The third kappa shape index (κ3) is 2.95. The zero-order valence-electron chi connectivity index (χ0n) is 9.64. The van der Waals surface area contributed by atoms with Gasteiger partial charge >= 0.3 is 0 Å². The van der Waals surface area contributed by atoms with E-state index in [-0.39, 0.29) is 17.9 Å². The van der Waals surface area contributed by atoms with Crippen molar-refractivity contribution in [1.29, 1.82) is 0 Å². The van der Waals surface area contributed by atoms with Gasteiger partial charge in [-0.3, -0.25) is 9.78 Å². The molecule has 1 aliphatic rings. The number of likely N-dealkylation sites (tertiary alicyclic amines) is 1. The smallest absolute Gasteiger partial charge is 0.255 e. The van der Waals surface area contributed by atoms with Crippen LogP contribution in [0.1, 0.15) is 23.7 Å². The maximum absolute atomic E-state index is 12.2. The Kier molecular flexibility index (Phi) is 3.98. The molecule has 4 nitrogen and oxygen atoms in total. The quantitative estimate of drug-likeness (QED) is 0.827. The van der Waals surface area contributed by atoms with Crippen molar-refractivity contribution in [2.45, 2.75) is 19.4 Å². The lowest BCUT2D eigenvalue weighted by Crippen LogP contribution is -2.30. The van der Waals surface area contributed by atoms with Gasteiger partial charge in [-0.2, -0.15) is 0 Å². The lowest BCUT2D eigenvalue weighted by Gasteiger charge is -2.17. The van der Waals surface area contributed by atoms with Crippen LogP contribution in [0, 0.1) is 9.49 Å². The first kappa shape index (κ1) is 12.8. The minimum atomic E-state index is -0.346. The predicted octanol–water partition coefficient (Wildman–Crippen LogP) is 1.53. The van der Waals surface area contributed by atoms with Crippen molar-refractivity contribution in [3.63, 3.8) is 0 Å². The van der Waals surface area contributed by atoms with Gasteiger partial charge in [0.05, 0.1) is 11.7 Å². The number of hydrogen-bond acceptors (Lipinski definition) is 3. The van der Waals surface area contributed by atoms with Gasteiger partial charge in [-0.25, -0.2) is 0 Å². The maximum Gasteiger partial charge on any atom is 0.255 e. The van der Waals surface area contributed by atoms with Crippen LogP contribution in [0.3, 0.4) is 0 Å². The highest BCUT2D eigenvalue weighted by atomic mass is 127. The number of rotatable bonds is 2. The summed E-state index contributed by atoms with van der Waals surface area (Å²) in [6.45, 7) is 3.15. The van der Waals surface area contributed by atoms with Gasteiger partial charge in [0.25, 0.3) is 5.91 Å². The minimum Gasteiger partial charge on any atom is -0.393 e. The van der Waals surface area contributed by atoms with Crippen LogP contribution in [0.25, 0.3) is 0 Å². The van der Waals surface area contributed by atoms with E-state index in [0.29, 0.717) is 12.1 Å². The zero-order valence-corrected chi connectivity index (χ0v) is 11.8. The lowest BCUT2D eigenvalue weighted by atomic mass is 10.0. The van der Waals surface area contributed by atoms with E-state index >= 15 is 0 Å². The molecule has 1 fully saturated rings. The van der Waals surface area contributed by atoms with Crippen LogP contribution < -0.4 is 0 Å². The largest absolute Gasteiger partial charge is 0.393 e. The van der Waals surface area contributed by atoms with Gasteiger partial charge in [0.1, 0.15) is 0 Å². The first-order valence-corrected chi connectivity index (χ1v) is 6.73. The van der Waals surface area contributed by atoms with Crippen LogP contribution in [0.15, 0.2) is 18.5 Å². The summed E-state index contributed by atoms with van der Waals surface area (Å²) in [7, 11) is 0. The van der Waals surface area contributed by atoms with E-state index in [1.807, 2.05) is 6.07 Å². The molecule has 92 valence electrons. The molecule has 2 atom stereocenters. The fraction of sp³-hybridized carbons (Fsp3) is 0.500. The van der Waals surface area contributed by atoms with Gasteiger partial charge in [0, 0.05) is 35.0 Å². The van der Waals surface area contributed by atoms with E-state index in [1.165, 1.54) is 0 Å². The molecule has 2 heterocycles. The normalized spacial score (nSPS) is 21.6. The lowest BCUT2D eigenvalue weighted by molar-refractivity contribution is 0.0762. The number of amides is 1. The Balaban J connectivity index is 2.07. The number of aliphatic hydroxyl groups is 1. The number of aromatic nitrogens is 1. The molecule has 5 heteroatoms. The Morgan fingerprint density at radius 3 is 3.00 bits per heavy atom. The van der Waals surface area contributed by atoms with Gasteiger partial charge in [-0.15, -0.1) is 0 Å². The van der Waals surface area contributed by atoms with Crippen LogP contribution in [0.4, 0.5) is 0 Å². The van der Waals surface area contributed by atoms with Crippen LogP contribution in [0.5, 0.6) is 0 Å². The summed E-state index contributed by atoms with van der Waals surface area (Å²) in [5.41, 5.74) is 0.628. The summed E-state index contributed by atoms with van der Waals surface area (Å²) >= 11 is 2.14. The third-order valence-electron chi connectivity index (χ3n) is 3.15. The molecule has 1 aliphatic heterocycles. The standard InChI is InChI=1S/C12H15IN2O2/c1-8(16)9-2-3-15(7-9)12(17)10-4-11(13)6-14-5-10/h4-6,8-9,16H,2-3,7H2,1H3. The second-order valence-electron chi connectivity index (χ2n) is 4.43. The highest BCUT2D eigenvalue weighted by Gasteiger charge is 2.29. The number of hydrogen-bond donors (Lipinski definition) is 1. The summed E-state index contributed by atoms with van der Waals surface area (Å²) in [4.78, 5) is 18.0. The average Bonchev–Trinajstić information content (AvgIpc) is 2.77. The molecule has 2 rings (SSSR count). The average molecular weight is 346 g/mol. The van der Waals surface area contributed by atoms with Gasteiger partial charge < -0.3 is 10.0 Å². The summed E-state index contributed by atoms with van der Waals surface area (Å²) in [5, 5.41) is 9.51. The van der Waals surface area contributed by atoms with Crippen molar-refractivity contribution >= 4 is 28.5 Å². The number of halogens is 1. The Labute approximate surface area is 114 Å². The van der Waals surface area contributed by atoms with E-state index in [0.717, 1.165) is 16.5 Å². The molecule has 0 radical (unpaired) electrons. The number of carbonyl (C=O) groups excluding carboxylic acids is 1. The Morgan fingerprint density at radius 2 is 2.41 bits per heavy atom. The van der Waals surface area contributed by atoms with E-state index < -0.39 is 0 Å². The summed E-state index contributed by atoms with van der Waals surface area (Å²) in [5.74, 6) is 0.217. The topological polar surface area (TPSA) is 53.4 Å². The summed E-state index contributed by atoms with van der Waals surface area (Å²) in [6.07, 6.45) is 3.85. The molecular formula is C12H15IN2O2. The Hall–Kier alpha value is -0.690. The molecule has 1 saturated heterocycles. The van der Waals surface area contributed by atoms with Crippen molar-refractivity contribution in [1.82, 2.24) is 9.88 Å². The number of aliphatic hydroxyl groups excluding tert-OH is 1. The molecule has 0 bridgehead atoms. The van der Waals surface area contributed by atoms with Crippen LogP contribution >= 0.6 is 22.6 Å². The summed E-state index contributed by atoms with van der Waals surface area (Å²) in [6, 6.07) is 1.84. The van der Waals surface area contributed by atoms with E-state index in [1.54, 1.807) is 24.2 Å². The highest BCUT2D eigenvalue weighted by molar-refractivity contribution is 14.1. The molecular weight excluding hydrogens is 331 g/mol. The van der Waals surface area contributed by atoms with E-state index in [2.05, 4.69) is 27.6 Å². The van der Waals surface area contributed by atoms with Crippen molar-refractivity contribution in [2.75, 3.05) is 13.1 Å². The number of carbonyl (C=O) groups is 1. The van der Waals surface area contributed by atoms with Crippen molar-refractivity contribution in [3.05, 3.63) is 27.6 Å². The SMILES string of the molecule is CC(O)C1CCN(C(=O)c2cncc(I)c2)C1. The first-order chi connectivity index (χ1) is 8.08. The molecule has 0 saturated carbocycles. The minimum absolute atomic E-state index is 0.0131. The maximum atomic E-state index is 12.2. The molecule has 0 aromatic carbocycles. The Morgan fingerprint density at radius 1 is 1.65 bits per heavy atom. The molecule has 1 aromatic rings. The summed E-state index contributed by atoms with van der Waals surface area (Å²) < 4.78 is 0.958. The van der Waals surface area contributed by atoms with Gasteiger partial charge in [-0.05, 0) is 42.0 Å². The second-order valence-corrected chi connectivity index (χ2v) is 5.68. The first-order valence-electron chi connectivity index (χ1n) is 5.66. The van der Waals surface area contributed by atoms with Gasteiger partial charge in [0.2, 0.25) is 0 Å². The Bertz CT molecular complexity index is 423. The van der Waals surface area contributed by atoms with Crippen LogP contribution in [0.2, 0.25) is 0 Å². The highest BCUT2D eigenvalue weighted by Crippen LogP contribution is 2.21. The fourth-order valence-corrected chi connectivity index (χ4v) is 2.57. The van der Waals surface area contributed by atoms with E-state index in [4.69, 9.17) is 0 Å². The van der Waals surface area contributed by atoms with Gasteiger partial charge in [-0.1, -0.05) is 0 Å². The number of pyridine rings is 1.